The van der Waals surface area contributed by atoms with Crippen LogP contribution in [0.2, 0.25) is 0 Å². The van der Waals surface area contributed by atoms with Crippen molar-refractivity contribution in [2.75, 3.05) is 0 Å². The number of carboxylic acids is 1. The average Bonchev–Trinajstić information content (AvgIpc) is 2.68. The lowest BCUT2D eigenvalue weighted by Crippen LogP contribution is -1.99. The van der Waals surface area contributed by atoms with E-state index in [1.165, 1.54) is 12.1 Å². The molecule has 0 saturated heterocycles. The lowest BCUT2D eigenvalue weighted by Gasteiger charge is -2.01. The Morgan fingerprint density at radius 3 is 2.65 bits per heavy atom. The minimum Gasteiger partial charge on any atom is -0.478 e. The molecule has 2 rings (SSSR count). The first kappa shape index (κ1) is 14.1. The summed E-state index contributed by atoms with van der Waals surface area (Å²) in [4.78, 5) is 25.6. The Morgan fingerprint density at radius 2 is 2.15 bits per heavy atom. The molecule has 0 aliphatic carbocycles. The van der Waals surface area contributed by atoms with Crippen molar-refractivity contribution in [3.8, 4) is 0 Å². The maximum absolute atomic E-state index is 11.0. The predicted octanol–water partition coefficient (Wildman–Crippen LogP) is 3.05. The summed E-state index contributed by atoms with van der Waals surface area (Å²) in [5, 5.41) is 20.1. The summed E-state index contributed by atoms with van der Waals surface area (Å²) in [5.74, 6) is -0.579. The summed E-state index contributed by atoms with van der Waals surface area (Å²) in [6.07, 6.45) is 0. The minimum atomic E-state index is -1.22. The van der Waals surface area contributed by atoms with Crippen LogP contribution in [-0.2, 0) is 0 Å². The van der Waals surface area contributed by atoms with Crippen LogP contribution in [0.5, 0.6) is 0 Å². The standard InChI is InChI=1S/C12H10N2O5S/c1-6-7(2)19-12(13-6)20-10-4-3-8(11(15)16)5-9(10)14(17)18/h3-5H,1-2H3,(H,15,16). The van der Waals surface area contributed by atoms with Crippen molar-refractivity contribution in [2.45, 2.75) is 24.0 Å². The number of nitrogens with zero attached hydrogens (tertiary/aromatic N) is 2. The number of benzene rings is 1. The van der Waals surface area contributed by atoms with Crippen LogP contribution in [0.4, 0.5) is 5.69 Å². The van der Waals surface area contributed by atoms with Crippen molar-refractivity contribution in [1.29, 1.82) is 0 Å². The predicted molar refractivity (Wildman–Crippen MR) is 70.2 cm³/mol. The fourth-order valence-corrected chi connectivity index (χ4v) is 2.37. The van der Waals surface area contributed by atoms with Gasteiger partial charge in [0.2, 0.25) is 0 Å². The maximum Gasteiger partial charge on any atom is 0.335 e. The SMILES string of the molecule is Cc1nc(Sc2ccc(C(=O)O)cc2[N+](=O)[O-])oc1C. The highest BCUT2D eigenvalue weighted by molar-refractivity contribution is 7.99. The third-order valence-electron chi connectivity index (χ3n) is 2.61. The lowest BCUT2D eigenvalue weighted by atomic mass is 10.2. The molecule has 0 atom stereocenters. The quantitative estimate of drug-likeness (QED) is 0.682. The van der Waals surface area contributed by atoms with Crippen molar-refractivity contribution in [3.63, 3.8) is 0 Å². The van der Waals surface area contributed by atoms with E-state index in [2.05, 4.69) is 4.98 Å². The van der Waals surface area contributed by atoms with Crippen LogP contribution in [0.3, 0.4) is 0 Å². The zero-order valence-electron chi connectivity index (χ0n) is 10.6. The van der Waals surface area contributed by atoms with Gasteiger partial charge in [-0.25, -0.2) is 9.78 Å². The molecule has 0 aliphatic heterocycles. The van der Waals surface area contributed by atoms with E-state index in [4.69, 9.17) is 9.52 Å². The van der Waals surface area contributed by atoms with Crippen molar-refractivity contribution < 1.29 is 19.2 Å². The van der Waals surface area contributed by atoms with E-state index in [1.807, 2.05) is 0 Å². The minimum absolute atomic E-state index is 0.138. The van der Waals surface area contributed by atoms with E-state index in [0.29, 0.717) is 11.5 Å². The fourth-order valence-electron chi connectivity index (χ4n) is 1.46. The van der Waals surface area contributed by atoms with Gasteiger partial charge in [0, 0.05) is 6.07 Å². The first-order valence-electron chi connectivity index (χ1n) is 5.52. The van der Waals surface area contributed by atoms with Crippen LogP contribution >= 0.6 is 11.8 Å². The van der Waals surface area contributed by atoms with Gasteiger partial charge in [0.1, 0.15) is 5.76 Å². The number of nitro benzene ring substituents is 1. The molecule has 0 unspecified atom stereocenters. The van der Waals surface area contributed by atoms with Gasteiger partial charge in [-0.1, -0.05) is 0 Å². The van der Waals surface area contributed by atoms with Crippen molar-refractivity contribution in [3.05, 3.63) is 45.3 Å². The highest BCUT2D eigenvalue weighted by atomic mass is 32.2. The van der Waals surface area contributed by atoms with Crippen molar-refractivity contribution in [1.82, 2.24) is 4.98 Å². The van der Waals surface area contributed by atoms with Gasteiger partial charge in [0.15, 0.2) is 0 Å². The topological polar surface area (TPSA) is 106 Å². The zero-order chi connectivity index (χ0) is 14.9. The highest BCUT2D eigenvalue weighted by Crippen LogP contribution is 2.35. The zero-order valence-corrected chi connectivity index (χ0v) is 11.4. The molecule has 1 aromatic heterocycles. The van der Waals surface area contributed by atoms with Crippen LogP contribution < -0.4 is 0 Å². The fraction of sp³-hybridized carbons (Fsp3) is 0.167. The van der Waals surface area contributed by atoms with Gasteiger partial charge in [-0.05, 0) is 37.7 Å². The Hall–Kier alpha value is -2.35. The lowest BCUT2D eigenvalue weighted by molar-refractivity contribution is -0.387. The van der Waals surface area contributed by atoms with Gasteiger partial charge in [-0.2, -0.15) is 0 Å². The molecule has 0 amide bonds. The van der Waals surface area contributed by atoms with E-state index >= 15 is 0 Å². The van der Waals surface area contributed by atoms with Crippen LogP contribution in [0.1, 0.15) is 21.8 Å². The van der Waals surface area contributed by atoms with Gasteiger partial charge in [0.05, 0.1) is 21.1 Å². The van der Waals surface area contributed by atoms with Gasteiger partial charge in [-0.3, -0.25) is 10.1 Å². The molecule has 2 aromatic rings. The van der Waals surface area contributed by atoms with E-state index in [0.717, 1.165) is 17.8 Å². The Morgan fingerprint density at radius 1 is 1.45 bits per heavy atom. The van der Waals surface area contributed by atoms with Crippen molar-refractivity contribution in [2.24, 2.45) is 0 Å². The molecule has 0 bridgehead atoms. The molecule has 0 fully saturated rings. The molecule has 20 heavy (non-hydrogen) atoms. The number of carboxylic acid groups (broad SMARTS) is 1. The van der Waals surface area contributed by atoms with Crippen LogP contribution in [0, 0.1) is 24.0 Å². The van der Waals surface area contributed by atoms with E-state index in [-0.39, 0.29) is 21.4 Å². The Balaban J connectivity index is 2.40. The first-order chi connectivity index (χ1) is 9.38. The molecule has 1 heterocycles. The second-order valence-electron chi connectivity index (χ2n) is 3.97. The number of oxazole rings is 1. The summed E-state index contributed by atoms with van der Waals surface area (Å²) in [7, 11) is 0. The third kappa shape index (κ3) is 2.80. The first-order valence-corrected chi connectivity index (χ1v) is 6.33. The molecular weight excluding hydrogens is 284 g/mol. The average molecular weight is 294 g/mol. The molecule has 8 heteroatoms. The van der Waals surface area contributed by atoms with E-state index < -0.39 is 10.9 Å². The highest BCUT2D eigenvalue weighted by Gasteiger charge is 2.20. The Labute approximate surface area is 117 Å². The number of nitro groups is 1. The summed E-state index contributed by atoms with van der Waals surface area (Å²) in [6, 6.07) is 3.70. The van der Waals surface area contributed by atoms with Gasteiger partial charge >= 0.3 is 5.97 Å². The molecule has 1 N–H and O–H groups in total. The largest absolute Gasteiger partial charge is 0.478 e. The summed E-state index contributed by atoms with van der Waals surface area (Å²) in [5.41, 5.74) is 0.279. The number of hydrogen-bond donors (Lipinski definition) is 1. The van der Waals surface area contributed by atoms with Crippen LogP contribution in [0.25, 0.3) is 0 Å². The normalized spacial score (nSPS) is 10.5. The molecule has 7 nitrogen and oxygen atoms in total. The maximum atomic E-state index is 11.0. The molecule has 0 radical (unpaired) electrons. The number of aromatic carboxylic acids is 1. The number of rotatable bonds is 4. The van der Waals surface area contributed by atoms with Crippen LogP contribution in [0.15, 0.2) is 32.7 Å². The Bertz CT molecular complexity index is 676. The van der Waals surface area contributed by atoms with E-state index in [1.54, 1.807) is 13.8 Å². The second-order valence-corrected chi connectivity index (χ2v) is 4.96. The van der Waals surface area contributed by atoms with Crippen molar-refractivity contribution >= 4 is 23.4 Å². The number of carbonyl (C=O) groups is 1. The number of aryl methyl sites for hydroxylation is 2. The molecule has 0 aliphatic rings. The van der Waals surface area contributed by atoms with Gasteiger partial charge in [-0.15, -0.1) is 0 Å². The Kier molecular flexibility index (Phi) is 3.75. The van der Waals surface area contributed by atoms with Crippen LogP contribution in [-0.4, -0.2) is 21.0 Å². The molecule has 1 aromatic carbocycles. The number of hydrogen-bond acceptors (Lipinski definition) is 6. The summed E-state index contributed by atoms with van der Waals surface area (Å²) in [6.45, 7) is 3.51. The molecular formula is C12H10N2O5S. The third-order valence-corrected chi connectivity index (χ3v) is 3.52. The molecule has 0 saturated carbocycles. The molecule has 0 spiro atoms. The molecule has 104 valence electrons. The van der Waals surface area contributed by atoms with Gasteiger partial charge < -0.3 is 9.52 Å². The smallest absolute Gasteiger partial charge is 0.335 e. The summed E-state index contributed by atoms with van der Waals surface area (Å²) >= 11 is 0.986. The van der Waals surface area contributed by atoms with Gasteiger partial charge in [0.25, 0.3) is 10.9 Å². The second kappa shape index (κ2) is 5.33. The monoisotopic (exact) mass is 294 g/mol. The summed E-state index contributed by atoms with van der Waals surface area (Å²) < 4.78 is 5.34. The van der Waals surface area contributed by atoms with E-state index in [9.17, 15) is 14.9 Å². The number of aromatic nitrogens is 1.